The fourth-order valence-electron chi connectivity index (χ4n) is 3.09. The lowest BCUT2D eigenvalue weighted by Crippen LogP contribution is -2.26. The summed E-state index contributed by atoms with van der Waals surface area (Å²) >= 11 is 0. The number of benzene rings is 2. The average Bonchev–Trinajstić information content (AvgIpc) is 2.66. The average molecular weight is 417 g/mol. The van der Waals surface area contributed by atoms with Crippen LogP contribution >= 0.6 is 0 Å². The van der Waals surface area contributed by atoms with Crippen molar-refractivity contribution in [2.45, 2.75) is 42.8 Å². The van der Waals surface area contributed by atoms with Crippen molar-refractivity contribution in [3.05, 3.63) is 69.5 Å². The minimum absolute atomic E-state index is 0.0262. The molecule has 9 heteroatoms. The van der Waals surface area contributed by atoms with Crippen molar-refractivity contribution in [1.82, 2.24) is 0 Å². The highest BCUT2D eigenvalue weighted by molar-refractivity contribution is 7.91. The van der Waals surface area contributed by atoms with Crippen molar-refractivity contribution in [2.24, 2.45) is 0 Å². The molecule has 0 amide bonds. The summed E-state index contributed by atoms with van der Waals surface area (Å²) in [6, 6.07) is 8.93. The van der Waals surface area contributed by atoms with Gasteiger partial charge in [-0.05, 0) is 42.2 Å². The Bertz CT molecular complexity index is 1010. The molecule has 0 aliphatic carbocycles. The van der Waals surface area contributed by atoms with E-state index in [1.807, 2.05) is 6.92 Å². The van der Waals surface area contributed by atoms with E-state index in [1.54, 1.807) is 6.07 Å². The molecule has 0 saturated heterocycles. The minimum atomic E-state index is -4.01. The number of nitro benzene ring substituents is 1. The number of sulfone groups is 1. The first-order valence-corrected chi connectivity index (χ1v) is 10.7. The maximum Gasteiger partial charge on any atom is 0.269 e. The van der Waals surface area contributed by atoms with Crippen LogP contribution in [0.5, 0.6) is 0 Å². The molecule has 2 aromatic rings. The van der Waals surface area contributed by atoms with E-state index in [4.69, 9.17) is 7.85 Å². The number of hydrogen-bond donors (Lipinski definition) is 0. The van der Waals surface area contributed by atoms with Gasteiger partial charge in [0, 0.05) is 17.4 Å². The van der Waals surface area contributed by atoms with Gasteiger partial charge in [-0.3, -0.25) is 10.1 Å². The second-order valence-corrected chi connectivity index (χ2v) is 9.03. The fraction of sp³-hybridized carbons (Fsp3) is 0.350. The summed E-state index contributed by atoms with van der Waals surface area (Å²) in [5, 5.41) is 9.43. The Morgan fingerprint density at radius 2 is 1.97 bits per heavy atom. The summed E-state index contributed by atoms with van der Waals surface area (Å²) in [7, 11) is 1.99. The molecule has 0 N–H and O–H groups in total. The van der Waals surface area contributed by atoms with E-state index in [2.05, 4.69) is 0 Å². The van der Waals surface area contributed by atoms with E-state index >= 15 is 0 Å². The Labute approximate surface area is 170 Å². The molecule has 0 aliphatic heterocycles. The van der Waals surface area contributed by atoms with Gasteiger partial charge in [-0.25, -0.2) is 12.8 Å². The number of nitro groups is 1. The summed E-state index contributed by atoms with van der Waals surface area (Å²) in [4.78, 5) is 21.7. The van der Waals surface area contributed by atoms with Crippen molar-refractivity contribution in [1.29, 1.82) is 0 Å². The highest BCUT2D eigenvalue weighted by Gasteiger charge is 2.32. The number of aldehydes is 1. The summed E-state index contributed by atoms with van der Waals surface area (Å²) in [5.74, 6) is -1.23. The maximum atomic E-state index is 13.8. The topological polar surface area (TPSA) is 94.3 Å². The molecular formula is C20H21BFNO5S. The third-order valence-electron chi connectivity index (χ3n) is 4.56. The number of hydrogen-bond acceptors (Lipinski definition) is 5. The predicted octanol–water partition coefficient (Wildman–Crippen LogP) is 3.81. The Balaban J connectivity index is 2.42. The van der Waals surface area contributed by atoms with Crippen LogP contribution in [0, 0.1) is 15.9 Å². The number of halogens is 1. The second-order valence-electron chi connectivity index (χ2n) is 7.07. The molecule has 29 heavy (non-hydrogen) atoms. The van der Waals surface area contributed by atoms with Gasteiger partial charge in [0.25, 0.3) is 5.69 Å². The van der Waals surface area contributed by atoms with Gasteiger partial charge in [0.15, 0.2) is 9.84 Å². The van der Waals surface area contributed by atoms with Crippen LogP contribution in [0.25, 0.3) is 0 Å². The molecule has 0 saturated carbocycles. The van der Waals surface area contributed by atoms with Crippen LogP contribution in [0.4, 0.5) is 10.1 Å². The molecule has 1 atom stereocenters. The zero-order chi connectivity index (χ0) is 21.7. The lowest BCUT2D eigenvalue weighted by molar-refractivity contribution is -0.384. The Kier molecular flexibility index (Phi) is 7.29. The molecule has 0 spiro atoms. The van der Waals surface area contributed by atoms with Crippen molar-refractivity contribution in [3.63, 3.8) is 0 Å². The Hall–Kier alpha value is -2.55. The van der Waals surface area contributed by atoms with E-state index in [0.717, 1.165) is 24.6 Å². The maximum absolute atomic E-state index is 13.8. The quantitative estimate of drug-likeness (QED) is 0.193. The zero-order valence-electron chi connectivity index (χ0n) is 16.0. The van der Waals surface area contributed by atoms with Crippen LogP contribution in [-0.4, -0.2) is 33.2 Å². The van der Waals surface area contributed by atoms with E-state index in [9.17, 15) is 27.7 Å². The molecule has 6 nitrogen and oxygen atoms in total. The number of unbranched alkanes of at least 4 members (excludes halogenated alkanes) is 1. The molecule has 2 rings (SSSR count). The van der Waals surface area contributed by atoms with Gasteiger partial charge in [-0.15, -0.1) is 0 Å². The van der Waals surface area contributed by atoms with Crippen molar-refractivity contribution in [3.8, 4) is 0 Å². The fourth-order valence-corrected chi connectivity index (χ4v) is 4.97. The summed E-state index contributed by atoms with van der Waals surface area (Å²) < 4.78 is 39.8. The molecule has 0 unspecified atom stereocenters. The van der Waals surface area contributed by atoms with Gasteiger partial charge < -0.3 is 4.79 Å². The lowest BCUT2D eigenvalue weighted by atomic mass is 9.68. The van der Waals surface area contributed by atoms with E-state index < -0.39 is 31.6 Å². The van der Waals surface area contributed by atoms with Crippen molar-refractivity contribution >= 4 is 29.7 Å². The van der Waals surface area contributed by atoms with Gasteiger partial charge in [0.1, 0.15) is 12.1 Å². The van der Waals surface area contributed by atoms with Crippen molar-refractivity contribution in [2.75, 3.05) is 5.75 Å². The van der Waals surface area contributed by atoms with E-state index in [0.29, 0.717) is 18.3 Å². The highest BCUT2D eigenvalue weighted by atomic mass is 32.2. The molecule has 0 aromatic heterocycles. The standard InChI is InChI=1S/C20H21BFNO5S/c1-2-3-9-20(21,13-24)14-29(27,28)19-8-7-17(22)12-16(19)10-15-5-4-6-18(11-15)23(25)26/h4-8,11-13H,2-3,9-10,14H2,1H3/t20-/m1/s1. The van der Waals surface area contributed by atoms with Crippen LogP contribution in [0.3, 0.4) is 0 Å². The van der Waals surface area contributed by atoms with Crippen LogP contribution in [-0.2, 0) is 21.1 Å². The number of carbonyl (C=O) groups excluding carboxylic acids is 1. The summed E-state index contributed by atoms with van der Waals surface area (Å²) in [6.07, 6.45) is 1.98. The second kappa shape index (κ2) is 9.30. The van der Waals surface area contributed by atoms with Crippen LogP contribution in [0.15, 0.2) is 47.4 Å². The van der Waals surface area contributed by atoms with Gasteiger partial charge in [-0.2, -0.15) is 0 Å². The molecule has 2 aromatic carbocycles. The van der Waals surface area contributed by atoms with Gasteiger partial charge in [0.05, 0.1) is 23.4 Å². The molecule has 0 fully saturated rings. The Morgan fingerprint density at radius 1 is 1.24 bits per heavy atom. The minimum Gasteiger partial charge on any atom is -0.304 e. The molecule has 152 valence electrons. The third kappa shape index (κ3) is 5.96. The Morgan fingerprint density at radius 3 is 2.59 bits per heavy atom. The van der Waals surface area contributed by atoms with Gasteiger partial charge in [0.2, 0.25) is 0 Å². The largest absolute Gasteiger partial charge is 0.304 e. The monoisotopic (exact) mass is 417 g/mol. The van der Waals surface area contributed by atoms with E-state index in [1.165, 1.54) is 18.2 Å². The summed E-state index contributed by atoms with van der Waals surface area (Å²) in [5.41, 5.74) is 0.459. The summed E-state index contributed by atoms with van der Waals surface area (Å²) in [6.45, 7) is 1.90. The van der Waals surface area contributed by atoms with Crippen LogP contribution < -0.4 is 0 Å². The lowest BCUT2D eigenvalue weighted by Gasteiger charge is -2.24. The number of non-ortho nitro benzene ring substituents is 1. The molecule has 0 aliphatic rings. The first kappa shape index (κ1) is 22.7. The van der Waals surface area contributed by atoms with Gasteiger partial charge in [-0.1, -0.05) is 31.9 Å². The number of nitrogens with zero attached hydrogens (tertiary/aromatic N) is 1. The van der Waals surface area contributed by atoms with Crippen molar-refractivity contribution < 1.29 is 22.5 Å². The number of rotatable bonds is 10. The molecule has 0 heterocycles. The number of carbonyl (C=O) groups is 1. The highest BCUT2D eigenvalue weighted by Crippen LogP contribution is 2.32. The third-order valence-corrected chi connectivity index (χ3v) is 6.55. The smallest absolute Gasteiger partial charge is 0.269 e. The van der Waals surface area contributed by atoms with E-state index in [-0.39, 0.29) is 29.0 Å². The molecular weight excluding hydrogens is 396 g/mol. The van der Waals surface area contributed by atoms with Gasteiger partial charge >= 0.3 is 0 Å². The normalized spacial score (nSPS) is 13.6. The zero-order valence-corrected chi connectivity index (χ0v) is 16.8. The predicted molar refractivity (Wildman–Crippen MR) is 108 cm³/mol. The first-order chi connectivity index (χ1) is 13.6. The SMILES string of the molecule is [B][C@@](C=O)(CCCC)CS(=O)(=O)c1ccc(F)cc1Cc1cccc([N+](=O)[O-])c1. The van der Waals surface area contributed by atoms with Crippen LogP contribution in [0.2, 0.25) is 5.31 Å². The first-order valence-electron chi connectivity index (χ1n) is 9.10. The van der Waals surface area contributed by atoms with Crippen LogP contribution in [0.1, 0.15) is 37.3 Å². The molecule has 0 bridgehead atoms. The molecule has 2 radical (unpaired) electrons.